The molecule has 3 heteroatoms. The van der Waals surface area contributed by atoms with Gasteiger partial charge in [-0.05, 0) is 30.7 Å². The zero-order valence-electron chi connectivity index (χ0n) is 7.24. The van der Waals surface area contributed by atoms with Gasteiger partial charge in [-0.1, -0.05) is 15.9 Å². The molecule has 0 N–H and O–H groups in total. The van der Waals surface area contributed by atoms with Gasteiger partial charge in [0, 0.05) is 22.6 Å². The first-order chi connectivity index (χ1) is 6.27. The molecule has 66 valence electrons. The van der Waals surface area contributed by atoms with E-state index < -0.39 is 0 Å². The molecule has 2 nitrogen and oxygen atoms in total. The number of nitrogens with zero attached hydrogens (tertiary/aromatic N) is 2. The van der Waals surface area contributed by atoms with Crippen molar-refractivity contribution in [2.24, 2.45) is 0 Å². The topological polar surface area (TPSA) is 17.8 Å². The second-order valence-corrected chi connectivity index (χ2v) is 3.76. The summed E-state index contributed by atoms with van der Waals surface area (Å²) >= 11 is 3.47. The van der Waals surface area contributed by atoms with Crippen LogP contribution in [0.3, 0.4) is 0 Å². The second-order valence-electron chi connectivity index (χ2n) is 2.90. The first-order valence-corrected chi connectivity index (χ1v) is 4.81. The molecule has 0 aliphatic carbocycles. The summed E-state index contributed by atoms with van der Waals surface area (Å²) in [6, 6.07) is 6.22. The predicted molar refractivity (Wildman–Crippen MR) is 56.0 cm³/mol. The molecule has 0 saturated heterocycles. The Morgan fingerprint density at radius 2 is 2.23 bits per heavy atom. The zero-order valence-corrected chi connectivity index (χ0v) is 8.82. The van der Waals surface area contributed by atoms with Crippen LogP contribution in [-0.4, -0.2) is 9.55 Å². The molecule has 2 aromatic rings. The predicted octanol–water partition coefficient (Wildman–Crippen LogP) is 2.94. The fourth-order valence-electron chi connectivity index (χ4n) is 1.20. The monoisotopic (exact) mass is 236 g/mol. The molecule has 0 unspecified atom stereocenters. The van der Waals surface area contributed by atoms with Crippen molar-refractivity contribution >= 4 is 15.9 Å². The smallest absolute Gasteiger partial charge is 0.0991 e. The fourth-order valence-corrected chi connectivity index (χ4v) is 1.45. The van der Waals surface area contributed by atoms with Crippen LogP contribution in [0.2, 0.25) is 0 Å². The number of imidazole rings is 1. The van der Waals surface area contributed by atoms with Gasteiger partial charge in [-0.15, -0.1) is 0 Å². The molecule has 0 aliphatic heterocycles. The Morgan fingerprint density at radius 1 is 1.38 bits per heavy atom. The van der Waals surface area contributed by atoms with Crippen LogP contribution in [0.4, 0.5) is 0 Å². The molecule has 0 fully saturated rings. The van der Waals surface area contributed by atoms with Crippen molar-refractivity contribution in [2.75, 3.05) is 0 Å². The minimum atomic E-state index is 1.14. The maximum Gasteiger partial charge on any atom is 0.0991 e. The molecule has 0 amide bonds. The van der Waals surface area contributed by atoms with E-state index in [0.29, 0.717) is 0 Å². The van der Waals surface area contributed by atoms with Gasteiger partial charge in [-0.25, -0.2) is 4.98 Å². The molecule has 0 spiro atoms. The van der Waals surface area contributed by atoms with Crippen LogP contribution in [0.25, 0.3) is 5.69 Å². The van der Waals surface area contributed by atoms with E-state index in [2.05, 4.69) is 40.0 Å². The number of aromatic nitrogens is 2. The van der Waals surface area contributed by atoms with Crippen LogP contribution >= 0.6 is 15.9 Å². The lowest BCUT2D eigenvalue weighted by atomic mass is 10.2. The van der Waals surface area contributed by atoms with Crippen LogP contribution in [-0.2, 0) is 0 Å². The molecule has 0 saturated carbocycles. The Hall–Kier alpha value is -1.09. The highest BCUT2D eigenvalue weighted by atomic mass is 79.9. The molecule has 0 aliphatic rings. The molecular weight excluding hydrogens is 228 g/mol. The molecule has 13 heavy (non-hydrogen) atoms. The lowest BCUT2D eigenvalue weighted by Gasteiger charge is -2.04. The number of benzene rings is 1. The lowest BCUT2D eigenvalue weighted by molar-refractivity contribution is 1.05. The number of hydrogen-bond donors (Lipinski definition) is 0. The number of hydrogen-bond acceptors (Lipinski definition) is 1. The number of halogens is 1. The summed E-state index contributed by atoms with van der Waals surface area (Å²) in [5.74, 6) is 0. The largest absolute Gasteiger partial charge is 0.306 e. The SMILES string of the molecule is Cc1cc(-n2ccnc2)ccc1Br. The third-order valence-corrected chi connectivity index (χ3v) is 2.83. The zero-order chi connectivity index (χ0) is 9.26. The maximum atomic E-state index is 4.00. The summed E-state index contributed by atoms with van der Waals surface area (Å²) < 4.78 is 3.12. The highest BCUT2D eigenvalue weighted by molar-refractivity contribution is 9.10. The molecule has 0 radical (unpaired) electrons. The molecule has 1 aromatic heterocycles. The fraction of sp³-hybridized carbons (Fsp3) is 0.100. The third kappa shape index (κ3) is 1.65. The van der Waals surface area contributed by atoms with E-state index in [1.807, 2.05) is 16.8 Å². The van der Waals surface area contributed by atoms with Gasteiger partial charge in [-0.2, -0.15) is 0 Å². The Morgan fingerprint density at radius 3 is 2.85 bits per heavy atom. The van der Waals surface area contributed by atoms with Crippen LogP contribution in [0.5, 0.6) is 0 Å². The first-order valence-electron chi connectivity index (χ1n) is 4.02. The van der Waals surface area contributed by atoms with Gasteiger partial charge in [-0.3, -0.25) is 0 Å². The van der Waals surface area contributed by atoms with E-state index >= 15 is 0 Å². The van der Waals surface area contributed by atoms with Crippen LogP contribution < -0.4 is 0 Å². The quantitative estimate of drug-likeness (QED) is 0.745. The van der Waals surface area contributed by atoms with Crippen LogP contribution in [0.1, 0.15) is 5.56 Å². The molecule has 1 heterocycles. The first kappa shape index (κ1) is 8.51. The summed E-state index contributed by atoms with van der Waals surface area (Å²) in [6.07, 6.45) is 5.50. The van der Waals surface area contributed by atoms with Gasteiger partial charge in [0.2, 0.25) is 0 Å². The summed E-state index contributed by atoms with van der Waals surface area (Å²) in [4.78, 5) is 4.00. The van der Waals surface area contributed by atoms with Crippen molar-refractivity contribution in [3.05, 3.63) is 47.0 Å². The van der Waals surface area contributed by atoms with Crippen molar-refractivity contribution in [3.63, 3.8) is 0 Å². The molecule has 0 atom stereocenters. The van der Waals surface area contributed by atoms with Gasteiger partial charge in [0.25, 0.3) is 0 Å². The maximum absolute atomic E-state index is 4.00. The summed E-state index contributed by atoms with van der Waals surface area (Å²) in [5.41, 5.74) is 2.37. The van der Waals surface area contributed by atoms with E-state index in [4.69, 9.17) is 0 Å². The normalized spacial score (nSPS) is 10.3. The van der Waals surface area contributed by atoms with Gasteiger partial charge in [0.1, 0.15) is 0 Å². The van der Waals surface area contributed by atoms with E-state index in [1.54, 1.807) is 12.5 Å². The molecule has 0 bridgehead atoms. The van der Waals surface area contributed by atoms with E-state index in [1.165, 1.54) is 5.56 Å². The van der Waals surface area contributed by atoms with Crippen molar-refractivity contribution < 1.29 is 0 Å². The van der Waals surface area contributed by atoms with Gasteiger partial charge < -0.3 is 4.57 Å². The highest BCUT2D eigenvalue weighted by Crippen LogP contribution is 2.19. The van der Waals surface area contributed by atoms with Crippen molar-refractivity contribution in [1.82, 2.24) is 9.55 Å². The molecular formula is C10H9BrN2. The Labute approximate surface area is 85.4 Å². The minimum absolute atomic E-state index is 1.14. The standard InChI is InChI=1S/C10H9BrN2/c1-8-6-9(2-3-10(8)11)13-5-4-12-7-13/h2-7H,1H3. The molecule has 2 rings (SSSR count). The number of aryl methyl sites for hydroxylation is 1. The van der Waals surface area contributed by atoms with Crippen molar-refractivity contribution in [2.45, 2.75) is 6.92 Å². The van der Waals surface area contributed by atoms with Gasteiger partial charge >= 0.3 is 0 Å². The van der Waals surface area contributed by atoms with E-state index in [0.717, 1.165) is 10.2 Å². The third-order valence-electron chi connectivity index (χ3n) is 1.94. The minimum Gasteiger partial charge on any atom is -0.306 e. The van der Waals surface area contributed by atoms with Crippen molar-refractivity contribution in [3.8, 4) is 5.69 Å². The van der Waals surface area contributed by atoms with Gasteiger partial charge in [0.05, 0.1) is 6.33 Å². The summed E-state index contributed by atoms with van der Waals surface area (Å²) in [7, 11) is 0. The van der Waals surface area contributed by atoms with Crippen molar-refractivity contribution in [1.29, 1.82) is 0 Å². The summed E-state index contributed by atoms with van der Waals surface area (Å²) in [5, 5.41) is 0. The Bertz CT molecular complexity index is 407. The Balaban J connectivity index is 2.49. The Kier molecular flexibility index (Phi) is 2.19. The average molecular weight is 237 g/mol. The molecule has 1 aromatic carbocycles. The van der Waals surface area contributed by atoms with Gasteiger partial charge in [0.15, 0.2) is 0 Å². The number of rotatable bonds is 1. The van der Waals surface area contributed by atoms with E-state index in [9.17, 15) is 0 Å². The van der Waals surface area contributed by atoms with Crippen LogP contribution in [0.15, 0.2) is 41.4 Å². The van der Waals surface area contributed by atoms with E-state index in [-0.39, 0.29) is 0 Å². The average Bonchev–Trinajstić information content (AvgIpc) is 2.62. The lowest BCUT2D eigenvalue weighted by Crippen LogP contribution is -1.90. The van der Waals surface area contributed by atoms with Crippen LogP contribution in [0, 0.1) is 6.92 Å². The second kappa shape index (κ2) is 3.34. The highest BCUT2D eigenvalue weighted by Gasteiger charge is 1.97. The summed E-state index contributed by atoms with van der Waals surface area (Å²) in [6.45, 7) is 2.07.